The highest BCUT2D eigenvalue weighted by molar-refractivity contribution is 5.66. The molecule has 1 saturated carbocycles. The third kappa shape index (κ3) is 3.60. The van der Waals surface area contributed by atoms with Crippen molar-refractivity contribution >= 4 is 6.09 Å². The van der Waals surface area contributed by atoms with Crippen molar-refractivity contribution in [2.75, 3.05) is 13.2 Å². The van der Waals surface area contributed by atoms with E-state index < -0.39 is 11.8 Å². The molecule has 1 atom stereocenters. The predicted molar refractivity (Wildman–Crippen MR) is 71.1 cm³/mol. The Hall–Kier alpha value is -0.810. The summed E-state index contributed by atoms with van der Waals surface area (Å²) >= 11 is 0. The first kappa shape index (κ1) is 14.6. The van der Waals surface area contributed by atoms with Gasteiger partial charge >= 0.3 is 6.09 Å². The second-order valence-corrected chi connectivity index (χ2v) is 5.98. The van der Waals surface area contributed by atoms with E-state index >= 15 is 0 Å². The highest BCUT2D eigenvalue weighted by atomic mass is 16.5. The summed E-state index contributed by atoms with van der Waals surface area (Å²) in [5.41, 5.74) is -0.721. The van der Waals surface area contributed by atoms with Crippen LogP contribution in [-0.4, -0.2) is 47.2 Å². The Balaban J connectivity index is 1.77. The van der Waals surface area contributed by atoms with Gasteiger partial charge < -0.3 is 14.6 Å². The van der Waals surface area contributed by atoms with Crippen LogP contribution in [0.1, 0.15) is 52.4 Å². The molecule has 2 rings (SSSR count). The average molecular weight is 271 g/mol. The van der Waals surface area contributed by atoms with Gasteiger partial charge in [-0.2, -0.15) is 0 Å². The van der Waals surface area contributed by atoms with Gasteiger partial charge in [0.25, 0.3) is 0 Å². The van der Waals surface area contributed by atoms with Gasteiger partial charge in [-0.3, -0.25) is 4.90 Å². The molecule has 1 heterocycles. The topological polar surface area (TPSA) is 59.0 Å². The molecule has 0 spiro atoms. The molecule has 19 heavy (non-hydrogen) atoms. The Bertz CT molecular complexity index is 313. The lowest BCUT2D eigenvalue weighted by Gasteiger charge is -2.31. The van der Waals surface area contributed by atoms with Gasteiger partial charge in [0.1, 0.15) is 5.72 Å². The van der Waals surface area contributed by atoms with Crippen LogP contribution < -0.4 is 0 Å². The predicted octanol–water partition coefficient (Wildman–Crippen LogP) is 2.84. The Morgan fingerprint density at radius 2 is 2.05 bits per heavy atom. The molecule has 0 aromatic heterocycles. The zero-order valence-electron chi connectivity index (χ0n) is 11.9. The molecule has 5 nitrogen and oxygen atoms in total. The second kappa shape index (κ2) is 6.09. The lowest BCUT2D eigenvalue weighted by atomic mass is 9.98. The number of hydrogen-bond acceptors (Lipinski definition) is 3. The molecule has 5 heteroatoms. The van der Waals surface area contributed by atoms with E-state index in [1.807, 2.05) is 0 Å². The minimum Gasteiger partial charge on any atom is -0.465 e. The fourth-order valence-electron chi connectivity index (χ4n) is 3.09. The molecular formula is C14H25NO4. The number of ether oxygens (including phenoxy) is 2. The quantitative estimate of drug-likeness (QED) is 0.854. The van der Waals surface area contributed by atoms with Crippen LogP contribution in [0, 0.1) is 0 Å². The molecule has 0 aromatic rings. The molecule has 1 aliphatic heterocycles. The van der Waals surface area contributed by atoms with Crippen molar-refractivity contribution in [1.82, 2.24) is 4.90 Å². The van der Waals surface area contributed by atoms with Gasteiger partial charge in [0.2, 0.25) is 0 Å². The first-order chi connectivity index (χ1) is 9.00. The number of amides is 1. The lowest BCUT2D eigenvalue weighted by Crippen LogP contribution is -2.47. The Morgan fingerprint density at radius 3 is 2.68 bits per heavy atom. The van der Waals surface area contributed by atoms with E-state index in [4.69, 9.17) is 9.47 Å². The highest BCUT2D eigenvalue weighted by Crippen LogP contribution is 2.29. The highest BCUT2D eigenvalue weighted by Gasteiger charge is 2.43. The average Bonchev–Trinajstić information content (AvgIpc) is 2.66. The van der Waals surface area contributed by atoms with E-state index in [1.165, 1.54) is 24.2 Å². The zero-order valence-corrected chi connectivity index (χ0v) is 11.9. The van der Waals surface area contributed by atoms with Gasteiger partial charge in [0.15, 0.2) is 0 Å². The number of carbonyl (C=O) groups is 1. The number of nitrogens with zero attached hydrogens (tertiary/aromatic N) is 1. The van der Waals surface area contributed by atoms with Crippen LogP contribution in [0.25, 0.3) is 0 Å². The minimum atomic E-state index is -0.912. The van der Waals surface area contributed by atoms with Crippen molar-refractivity contribution < 1.29 is 19.4 Å². The van der Waals surface area contributed by atoms with Gasteiger partial charge in [-0.25, -0.2) is 4.79 Å². The Labute approximate surface area is 114 Å². The van der Waals surface area contributed by atoms with E-state index in [-0.39, 0.29) is 6.04 Å². The van der Waals surface area contributed by atoms with Crippen molar-refractivity contribution in [2.45, 2.75) is 70.2 Å². The molecule has 1 N–H and O–H groups in total. The maximum Gasteiger partial charge on any atom is 0.409 e. The smallest absolute Gasteiger partial charge is 0.409 e. The fourth-order valence-corrected chi connectivity index (χ4v) is 3.09. The number of rotatable bonds is 4. The van der Waals surface area contributed by atoms with Gasteiger partial charge in [-0.15, -0.1) is 0 Å². The van der Waals surface area contributed by atoms with Crippen molar-refractivity contribution in [3.05, 3.63) is 0 Å². The van der Waals surface area contributed by atoms with Crippen molar-refractivity contribution in [2.24, 2.45) is 0 Å². The van der Waals surface area contributed by atoms with Crippen LogP contribution in [0.2, 0.25) is 0 Å². The summed E-state index contributed by atoms with van der Waals surface area (Å²) in [4.78, 5) is 12.7. The van der Waals surface area contributed by atoms with E-state index in [0.29, 0.717) is 25.7 Å². The normalized spacial score (nSPS) is 27.7. The van der Waals surface area contributed by atoms with Crippen LogP contribution in [-0.2, 0) is 9.47 Å². The largest absolute Gasteiger partial charge is 0.465 e. The van der Waals surface area contributed by atoms with Crippen LogP contribution in [0.5, 0.6) is 0 Å². The maximum absolute atomic E-state index is 11.3. The molecule has 1 aliphatic carbocycles. The fraction of sp³-hybridized carbons (Fsp3) is 0.929. The minimum absolute atomic E-state index is 0.0870. The van der Waals surface area contributed by atoms with Crippen LogP contribution in [0.15, 0.2) is 0 Å². The van der Waals surface area contributed by atoms with E-state index in [0.717, 1.165) is 12.8 Å². The van der Waals surface area contributed by atoms with Crippen molar-refractivity contribution in [3.63, 3.8) is 0 Å². The summed E-state index contributed by atoms with van der Waals surface area (Å²) in [6.45, 7) is 4.68. The second-order valence-electron chi connectivity index (χ2n) is 5.98. The number of carboxylic acid groups (broad SMARTS) is 1. The Morgan fingerprint density at radius 1 is 1.37 bits per heavy atom. The molecule has 0 aromatic carbocycles. The number of hydrogen-bond donors (Lipinski definition) is 1. The van der Waals surface area contributed by atoms with E-state index in [1.54, 1.807) is 13.8 Å². The maximum atomic E-state index is 11.3. The molecule has 0 radical (unpaired) electrons. The zero-order chi connectivity index (χ0) is 13.9. The van der Waals surface area contributed by atoms with Gasteiger partial charge in [0, 0.05) is 6.61 Å². The third-order valence-electron chi connectivity index (χ3n) is 4.14. The monoisotopic (exact) mass is 271 g/mol. The van der Waals surface area contributed by atoms with Gasteiger partial charge in [-0.1, -0.05) is 19.3 Å². The van der Waals surface area contributed by atoms with Crippen LogP contribution >= 0.6 is 0 Å². The molecule has 0 bridgehead atoms. The SMILES string of the molecule is CC1(C)OC[C@H](CCOC2CCCCC2)N1C(=O)O. The van der Waals surface area contributed by atoms with Crippen molar-refractivity contribution in [1.29, 1.82) is 0 Å². The summed E-state index contributed by atoms with van der Waals surface area (Å²) in [5.74, 6) is 0. The lowest BCUT2D eigenvalue weighted by molar-refractivity contribution is -0.0434. The summed E-state index contributed by atoms with van der Waals surface area (Å²) in [7, 11) is 0. The summed E-state index contributed by atoms with van der Waals surface area (Å²) < 4.78 is 11.4. The van der Waals surface area contributed by atoms with Gasteiger partial charge in [0.05, 0.1) is 18.8 Å². The van der Waals surface area contributed by atoms with Crippen molar-refractivity contribution in [3.8, 4) is 0 Å². The molecule has 0 unspecified atom stereocenters. The molecule has 1 saturated heterocycles. The van der Waals surface area contributed by atoms with E-state index in [2.05, 4.69) is 0 Å². The first-order valence-electron chi connectivity index (χ1n) is 7.28. The molecule has 1 amide bonds. The standard InChI is InChI=1S/C14H25NO4/c1-14(2)15(13(16)17)11(10-19-14)8-9-18-12-6-4-3-5-7-12/h11-12H,3-10H2,1-2H3,(H,16,17)/t11-/m0/s1. The van der Waals surface area contributed by atoms with Crippen LogP contribution in [0.4, 0.5) is 4.79 Å². The summed E-state index contributed by atoms with van der Waals surface area (Å²) in [6, 6.07) is -0.0870. The molecule has 110 valence electrons. The molecular weight excluding hydrogens is 246 g/mol. The summed E-state index contributed by atoms with van der Waals surface area (Å²) in [6.07, 6.45) is 6.30. The van der Waals surface area contributed by atoms with E-state index in [9.17, 15) is 9.90 Å². The Kier molecular flexibility index (Phi) is 4.68. The molecule has 2 fully saturated rings. The van der Waals surface area contributed by atoms with Crippen LogP contribution in [0.3, 0.4) is 0 Å². The first-order valence-corrected chi connectivity index (χ1v) is 7.28. The summed E-state index contributed by atoms with van der Waals surface area (Å²) in [5, 5.41) is 9.27. The third-order valence-corrected chi connectivity index (χ3v) is 4.14. The molecule has 2 aliphatic rings. The van der Waals surface area contributed by atoms with Gasteiger partial charge in [-0.05, 0) is 33.1 Å².